The molecular weight excluding hydrogens is 172 g/mol. The van der Waals surface area contributed by atoms with Crippen LogP contribution in [0, 0.1) is 5.92 Å². The molecule has 2 unspecified atom stereocenters. The van der Waals surface area contributed by atoms with E-state index in [0.29, 0.717) is 6.04 Å². The van der Waals surface area contributed by atoms with Crippen LogP contribution < -0.4 is 5.73 Å². The second-order valence-electron chi connectivity index (χ2n) is 4.78. The standard InChI is InChI=1S/C12H26N2/c1-4-5-6-12(9-13)14(3)10(2)11-7-8-11/h10-12H,4-9,13H2,1-3H3. The Morgan fingerprint density at radius 1 is 1.43 bits per heavy atom. The summed E-state index contributed by atoms with van der Waals surface area (Å²) in [5.74, 6) is 0.954. The van der Waals surface area contributed by atoms with Crippen molar-refractivity contribution in [3.63, 3.8) is 0 Å². The molecule has 2 nitrogen and oxygen atoms in total. The molecule has 1 aliphatic rings. The van der Waals surface area contributed by atoms with E-state index < -0.39 is 0 Å². The van der Waals surface area contributed by atoms with E-state index in [-0.39, 0.29) is 0 Å². The van der Waals surface area contributed by atoms with Crippen molar-refractivity contribution in [1.82, 2.24) is 4.90 Å². The minimum absolute atomic E-state index is 0.602. The normalized spacial score (nSPS) is 21.2. The molecule has 1 aliphatic carbocycles. The van der Waals surface area contributed by atoms with Crippen molar-refractivity contribution < 1.29 is 0 Å². The molecule has 1 rings (SSSR count). The van der Waals surface area contributed by atoms with Crippen LogP contribution in [0.3, 0.4) is 0 Å². The third-order valence-corrected chi connectivity index (χ3v) is 3.69. The molecule has 0 aliphatic heterocycles. The Labute approximate surface area is 88.8 Å². The summed E-state index contributed by atoms with van der Waals surface area (Å²) in [6, 6.07) is 1.34. The molecule has 2 N–H and O–H groups in total. The lowest BCUT2D eigenvalue weighted by Crippen LogP contribution is -2.44. The van der Waals surface area contributed by atoms with Crippen LogP contribution in [-0.4, -0.2) is 30.6 Å². The fraction of sp³-hybridized carbons (Fsp3) is 1.00. The van der Waals surface area contributed by atoms with E-state index in [0.717, 1.165) is 18.5 Å². The highest BCUT2D eigenvalue weighted by atomic mass is 15.2. The first-order valence-electron chi connectivity index (χ1n) is 6.12. The van der Waals surface area contributed by atoms with Crippen LogP contribution in [0.5, 0.6) is 0 Å². The highest BCUT2D eigenvalue weighted by Gasteiger charge is 2.32. The van der Waals surface area contributed by atoms with Crippen LogP contribution in [-0.2, 0) is 0 Å². The zero-order valence-corrected chi connectivity index (χ0v) is 10.00. The van der Waals surface area contributed by atoms with Crippen LogP contribution in [0.15, 0.2) is 0 Å². The Morgan fingerprint density at radius 2 is 2.07 bits per heavy atom. The van der Waals surface area contributed by atoms with Gasteiger partial charge in [0.05, 0.1) is 0 Å². The van der Waals surface area contributed by atoms with Gasteiger partial charge in [0, 0.05) is 18.6 Å². The summed E-state index contributed by atoms with van der Waals surface area (Å²) in [5, 5.41) is 0. The SMILES string of the molecule is CCCCC(CN)N(C)C(C)C1CC1. The van der Waals surface area contributed by atoms with Gasteiger partial charge in [-0.15, -0.1) is 0 Å². The Morgan fingerprint density at radius 3 is 2.50 bits per heavy atom. The molecule has 0 radical (unpaired) electrons. The van der Waals surface area contributed by atoms with Crippen molar-refractivity contribution in [2.24, 2.45) is 11.7 Å². The number of nitrogens with two attached hydrogens (primary N) is 1. The number of hydrogen-bond donors (Lipinski definition) is 1. The average molecular weight is 198 g/mol. The zero-order chi connectivity index (χ0) is 10.6. The smallest absolute Gasteiger partial charge is 0.0218 e. The van der Waals surface area contributed by atoms with Crippen LogP contribution in [0.1, 0.15) is 46.0 Å². The molecule has 0 amide bonds. The van der Waals surface area contributed by atoms with Crippen molar-refractivity contribution in [3.8, 4) is 0 Å². The minimum Gasteiger partial charge on any atom is -0.329 e. The van der Waals surface area contributed by atoms with E-state index in [1.54, 1.807) is 0 Å². The Bertz CT molecular complexity index is 154. The number of unbranched alkanes of at least 4 members (excludes halogenated alkanes) is 1. The number of hydrogen-bond acceptors (Lipinski definition) is 2. The van der Waals surface area contributed by atoms with E-state index in [1.165, 1.54) is 32.1 Å². The minimum atomic E-state index is 0.602. The van der Waals surface area contributed by atoms with Gasteiger partial charge in [-0.25, -0.2) is 0 Å². The van der Waals surface area contributed by atoms with Crippen LogP contribution in [0.2, 0.25) is 0 Å². The molecule has 1 saturated carbocycles. The van der Waals surface area contributed by atoms with Gasteiger partial charge in [-0.1, -0.05) is 19.8 Å². The van der Waals surface area contributed by atoms with E-state index in [1.807, 2.05) is 0 Å². The molecule has 0 aromatic carbocycles. The van der Waals surface area contributed by atoms with Gasteiger partial charge in [0.25, 0.3) is 0 Å². The van der Waals surface area contributed by atoms with Crippen LogP contribution >= 0.6 is 0 Å². The maximum atomic E-state index is 5.83. The predicted octanol–water partition coefficient (Wildman–Crippen LogP) is 2.23. The zero-order valence-electron chi connectivity index (χ0n) is 10.00. The van der Waals surface area contributed by atoms with E-state index in [2.05, 4.69) is 25.8 Å². The van der Waals surface area contributed by atoms with E-state index in [9.17, 15) is 0 Å². The fourth-order valence-electron chi connectivity index (χ4n) is 2.17. The van der Waals surface area contributed by atoms with Crippen molar-refractivity contribution in [2.75, 3.05) is 13.6 Å². The fourth-order valence-corrected chi connectivity index (χ4v) is 2.17. The third kappa shape index (κ3) is 3.25. The Hall–Kier alpha value is -0.0800. The molecular formula is C12H26N2. The van der Waals surface area contributed by atoms with Gasteiger partial charge in [0.2, 0.25) is 0 Å². The van der Waals surface area contributed by atoms with Gasteiger partial charge < -0.3 is 5.73 Å². The first-order valence-corrected chi connectivity index (χ1v) is 6.12. The van der Waals surface area contributed by atoms with Gasteiger partial charge in [0.1, 0.15) is 0 Å². The van der Waals surface area contributed by atoms with Gasteiger partial charge >= 0.3 is 0 Å². The first-order chi connectivity index (χ1) is 6.70. The second-order valence-corrected chi connectivity index (χ2v) is 4.78. The molecule has 0 saturated heterocycles. The Balaban J connectivity index is 2.33. The number of likely N-dealkylation sites (N-methyl/N-ethyl adjacent to an activating group) is 1. The van der Waals surface area contributed by atoms with Gasteiger partial charge in [0.15, 0.2) is 0 Å². The molecule has 14 heavy (non-hydrogen) atoms. The molecule has 2 atom stereocenters. The summed E-state index contributed by atoms with van der Waals surface area (Å²) in [6.07, 6.45) is 6.71. The summed E-state index contributed by atoms with van der Waals surface area (Å²) in [6.45, 7) is 5.41. The second kappa shape index (κ2) is 5.72. The summed E-state index contributed by atoms with van der Waals surface area (Å²) < 4.78 is 0. The van der Waals surface area contributed by atoms with E-state index >= 15 is 0 Å². The maximum Gasteiger partial charge on any atom is 0.0218 e. The summed E-state index contributed by atoms with van der Waals surface area (Å²) in [4.78, 5) is 2.51. The molecule has 1 fully saturated rings. The lowest BCUT2D eigenvalue weighted by molar-refractivity contribution is 0.160. The summed E-state index contributed by atoms with van der Waals surface area (Å²) in [5.41, 5.74) is 5.83. The average Bonchev–Trinajstić information content (AvgIpc) is 3.01. The van der Waals surface area contributed by atoms with Crippen LogP contribution in [0.25, 0.3) is 0 Å². The molecule has 0 aromatic rings. The Kier molecular flexibility index (Phi) is 4.90. The van der Waals surface area contributed by atoms with Gasteiger partial charge in [-0.2, -0.15) is 0 Å². The van der Waals surface area contributed by atoms with Crippen LogP contribution in [0.4, 0.5) is 0 Å². The topological polar surface area (TPSA) is 29.3 Å². The third-order valence-electron chi connectivity index (χ3n) is 3.69. The molecule has 0 heterocycles. The van der Waals surface area contributed by atoms with E-state index in [4.69, 9.17) is 5.73 Å². The number of nitrogens with zero attached hydrogens (tertiary/aromatic N) is 1. The summed E-state index contributed by atoms with van der Waals surface area (Å²) in [7, 11) is 2.25. The lowest BCUT2D eigenvalue weighted by Gasteiger charge is -2.32. The van der Waals surface area contributed by atoms with Crippen molar-refractivity contribution in [1.29, 1.82) is 0 Å². The lowest BCUT2D eigenvalue weighted by atomic mass is 10.1. The highest BCUT2D eigenvalue weighted by Crippen LogP contribution is 2.35. The molecule has 0 bridgehead atoms. The molecule has 84 valence electrons. The largest absolute Gasteiger partial charge is 0.329 e. The predicted molar refractivity (Wildman–Crippen MR) is 62.3 cm³/mol. The maximum absolute atomic E-state index is 5.83. The molecule has 0 aromatic heterocycles. The molecule has 2 heteroatoms. The number of rotatable bonds is 7. The van der Waals surface area contributed by atoms with Crippen molar-refractivity contribution in [3.05, 3.63) is 0 Å². The van der Waals surface area contributed by atoms with Gasteiger partial charge in [-0.05, 0) is 39.2 Å². The highest BCUT2D eigenvalue weighted by molar-refractivity contribution is 4.86. The van der Waals surface area contributed by atoms with Crippen molar-refractivity contribution in [2.45, 2.75) is 58.0 Å². The quantitative estimate of drug-likeness (QED) is 0.680. The van der Waals surface area contributed by atoms with Crippen molar-refractivity contribution >= 4 is 0 Å². The first kappa shape index (κ1) is 12.0. The van der Waals surface area contributed by atoms with Gasteiger partial charge in [-0.3, -0.25) is 4.90 Å². The molecule has 0 spiro atoms. The monoisotopic (exact) mass is 198 g/mol. The summed E-state index contributed by atoms with van der Waals surface area (Å²) >= 11 is 0.